The summed E-state index contributed by atoms with van der Waals surface area (Å²) in [7, 11) is -2.51. The lowest BCUT2D eigenvalue weighted by atomic mass is 10.2. The molecular weight excluding hydrogens is 420 g/mol. The van der Waals surface area contributed by atoms with E-state index in [9.17, 15) is 18.5 Å². The Morgan fingerprint density at radius 2 is 1.92 bits per heavy atom. The summed E-state index contributed by atoms with van der Waals surface area (Å²) in [6.45, 7) is 1.59. The second-order valence-electron chi connectivity index (χ2n) is 5.16. The van der Waals surface area contributed by atoms with Gasteiger partial charge in [0, 0.05) is 29.7 Å². The third-order valence-corrected chi connectivity index (χ3v) is 6.49. The van der Waals surface area contributed by atoms with Gasteiger partial charge in [-0.1, -0.05) is 45.7 Å². The monoisotopic (exact) mass is 432 g/mol. The fourth-order valence-electron chi connectivity index (χ4n) is 2.11. The molecule has 0 saturated heterocycles. The molecule has 6 nitrogen and oxygen atoms in total. The molecule has 2 aromatic rings. The fraction of sp³-hybridized carbons (Fsp3) is 0.200. The Hall–Kier alpha value is -1.48. The highest BCUT2D eigenvalue weighted by Gasteiger charge is 2.26. The number of nitro benzene ring substituents is 1. The van der Waals surface area contributed by atoms with E-state index in [1.165, 1.54) is 20.0 Å². The quantitative estimate of drug-likeness (QED) is 0.524. The molecule has 0 aliphatic rings. The molecule has 0 aliphatic heterocycles. The molecule has 24 heavy (non-hydrogen) atoms. The van der Waals surface area contributed by atoms with E-state index in [4.69, 9.17) is 11.6 Å². The third kappa shape index (κ3) is 3.77. The van der Waals surface area contributed by atoms with Gasteiger partial charge in [-0.15, -0.1) is 0 Å². The van der Waals surface area contributed by atoms with Gasteiger partial charge < -0.3 is 0 Å². The maximum Gasteiger partial charge on any atom is 0.275 e. The normalized spacial score (nSPS) is 11.7. The second-order valence-corrected chi connectivity index (χ2v) is 8.47. The molecule has 0 aromatic heterocycles. The molecule has 0 unspecified atom stereocenters. The SMILES string of the molecule is Cc1c(Cl)cc(S(=O)(=O)N(C)Cc2ccccc2Br)cc1[N+](=O)[O-]. The molecule has 0 bridgehead atoms. The first-order valence-electron chi connectivity index (χ1n) is 6.79. The number of hydrogen-bond donors (Lipinski definition) is 0. The molecule has 128 valence electrons. The standard InChI is InChI=1S/C15H14BrClN2O4S/c1-10-14(17)7-12(8-15(10)19(20)21)24(22,23)18(2)9-11-5-3-4-6-13(11)16/h3-8H,9H2,1-2H3. The predicted octanol–water partition coefficient (Wildman–Crippen LogP) is 4.14. The van der Waals surface area contributed by atoms with Crippen molar-refractivity contribution in [2.45, 2.75) is 18.4 Å². The van der Waals surface area contributed by atoms with Gasteiger partial charge >= 0.3 is 0 Å². The zero-order chi connectivity index (χ0) is 18.1. The number of sulfonamides is 1. The smallest absolute Gasteiger partial charge is 0.258 e. The molecule has 0 amide bonds. The first kappa shape index (κ1) is 18.9. The maximum atomic E-state index is 12.7. The van der Waals surface area contributed by atoms with E-state index in [0.29, 0.717) is 0 Å². The Morgan fingerprint density at radius 3 is 2.50 bits per heavy atom. The summed E-state index contributed by atoms with van der Waals surface area (Å²) >= 11 is 9.33. The molecule has 0 N–H and O–H groups in total. The average molecular weight is 434 g/mol. The van der Waals surface area contributed by atoms with Gasteiger partial charge in [-0.25, -0.2) is 8.42 Å². The van der Waals surface area contributed by atoms with Crippen molar-refractivity contribution < 1.29 is 13.3 Å². The van der Waals surface area contributed by atoms with Crippen molar-refractivity contribution in [3.63, 3.8) is 0 Å². The van der Waals surface area contributed by atoms with Crippen LogP contribution in [0.2, 0.25) is 5.02 Å². The van der Waals surface area contributed by atoms with Crippen LogP contribution in [0.3, 0.4) is 0 Å². The first-order valence-corrected chi connectivity index (χ1v) is 9.40. The number of halogens is 2. The molecule has 0 saturated carbocycles. The van der Waals surface area contributed by atoms with Gasteiger partial charge in [-0.2, -0.15) is 4.31 Å². The minimum Gasteiger partial charge on any atom is -0.258 e. The lowest BCUT2D eigenvalue weighted by molar-refractivity contribution is -0.385. The van der Waals surface area contributed by atoms with E-state index >= 15 is 0 Å². The van der Waals surface area contributed by atoms with Crippen molar-refractivity contribution in [3.05, 3.63) is 67.1 Å². The van der Waals surface area contributed by atoms with Crippen LogP contribution in [0.15, 0.2) is 45.8 Å². The molecule has 0 aliphatic carbocycles. The van der Waals surface area contributed by atoms with E-state index in [1.54, 1.807) is 12.1 Å². The van der Waals surface area contributed by atoms with Crippen LogP contribution in [0.4, 0.5) is 5.69 Å². The van der Waals surface area contributed by atoms with Crippen molar-refractivity contribution in [2.24, 2.45) is 0 Å². The highest BCUT2D eigenvalue weighted by molar-refractivity contribution is 9.10. The van der Waals surface area contributed by atoms with Crippen LogP contribution in [0, 0.1) is 17.0 Å². The lowest BCUT2D eigenvalue weighted by Gasteiger charge is -2.18. The minimum atomic E-state index is -3.93. The topological polar surface area (TPSA) is 80.5 Å². The Bertz CT molecular complexity index is 902. The number of nitrogens with zero attached hydrogens (tertiary/aromatic N) is 2. The molecule has 9 heteroatoms. The van der Waals surface area contributed by atoms with Crippen molar-refractivity contribution in [3.8, 4) is 0 Å². The summed E-state index contributed by atoms with van der Waals surface area (Å²) in [6, 6.07) is 9.49. The zero-order valence-electron chi connectivity index (χ0n) is 12.9. The predicted molar refractivity (Wildman–Crippen MR) is 95.6 cm³/mol. The van der Waals surface area contributed by atoms with Crippen LogP contribution in [-0.4, -0.2) is 24.7 Å². The zero-order valence-corrected chi connectivity index (χ0v) is 16.0. The fourth-order valence-corrected chi connectivity index (χ4v) is 4.00. The van der Waals surface area contributed by atoms with Crippen molar-refractivity contribution >= 4 is 43.2 Å². The van der Waals surface area contributed by atoms with E-state index in [0.717, 1.165) is 20.4 Å². The van der Waals surface area contributed by atoms with E-state index in [-0.39, 0.29) is 27.7 Å². The van der Waals surface area contributed by atoms with Crippen molar-refractivity contribution in [1.82, 2.24) is 4.31 Å². The number of nitro groups is 1. The summed E-state index contributed by atoms with van der Waals surface area (Å²) < 4.78 is 27.3. The largest absolute Gasteiger partial charge is 0.275 e. The average Bonchev–Trinajstić information content (AvgIpc) is 2.51. The van der Waals surface area contributed by atoms with Gasteiger partial charge in [-0.05, 0) is 24.6 Å². The Balaban J connectivity index is 2.43. The molecule has 2 aromatic carbocycles. The lowest BCUT2D eigenvalue weighted by Crippen LogP contribution is -2.26. The van der Waals surface area contributed by atoms with Crippen molar-refractivity contribution in [1.29, 1.82) is 0 Å². The summed E-state index contributed by atoms with van der Waals surface area (Å²) in [5.41, 5.74) is 0.681. The van der Waals surface area contributed by atoms with Gasteiger partial charge in [-0.3, -0.25) is 10.1 Å². The summed E-state index contributed by atoms with van der Waals surface area (Å²) in [5, 5.41) is 11.1. The Labute approximate surface area is 153 Å². The van der Waals surface area contributed by atoms with E-state index in [1.807, 2.05) is 12.1 Å². The molecule has 0 atom stereocenters. The number of benzene rings is 2. The first-order chi connectivity index (χ1) is 11.1. The van der Waals surface area contributed by atoms with Crippen LogP contribution >= 0.6 is 27.5 Å². The number of rotatable bonds is 5. The second kappa shape index (κ2) is 7.18. The molecule has 2 rings (SSSR count). The summed E-state index contributed by atoms with van der Waals surface area (Å²) in [4.78, 5) is 10.2. The van der Waals surface area contributed by atoms with Crippen molar-refractivity contribution in [2.75, 3.05) is 7.05 Å². The van der Waals surface area contributed by atoms with Crippen LogP contribution in [0.5, 0.6) is 0 Å². The Morgan fingerprint density at radius 1 is 1.29 bits per heavy atom. The van der Waals surface area contributed by atoms with Crippen LogP contribution in [0.1, 0.15) is 11.1 Å². The number of hydrogen-bond acceptors (Lipinski definition) is 4. The molecule has 0 fully saturated rings. The highest BCUT2D eigenvalue weighted by Crippen LogP contribution is 2.31. The van der Waals surface area contributed by atoms with Crippen LogP contribution in [-0.2, 0) is 16.6 Å². The molecular formula is C15H14BrClN2O4S. The van der Waals surface area contributed by atoms with Crippen LogP contribution in [0.25, 0.3) is 0 Å². The Kier molecular flexibility index (Phi) is 5.64. The minimum absolute atomic E-state index is 0.0390. The molecule has 0 spiro atoms. The van der Waals surface area contributed by atoms with Gasteiger partial charge in [0.05, 0.1) is 14.8 Å². The highest BCUT2D eigenvalue weighted by atomic mass is 79.9. The van der Waals surface area contributed by atoms with Gasteiger partial charge in [0.1, 0.15) is 0 Å². The van der Waals surface area contributed by atoms with Crippen LogP contribution < -0.4 is 0 Å². The van der Waals surface area contributed by atoms with E-state index < -0.39 is 14.9 Å². The van der Waals surface area contributed by atoms with Gasteiger partial charge in [0.25, 0.3) is 5.69 Å². The van der Waals surface area contributed by atoms with Gasteiger partial charge in [0.2, 0.25) is 10.0 Å². The van der Waals surface area contributed by atoms with Gasteiger partial charge in [0.15, 0.2) is 0 Å². The third-order valence-electron chi connectivity index (χ3n) is 3.55. The van der Waals surface area contributed by atoms with E-state index in [2.05, 4.69) is 15.9 Å². The molecule has 0 heterocycles. The molecule has 0 radical (unpaired) electrons. The maximum absolute atomic E-state index is 12.7. The summed E-state index contributed by atoms with van der Waals surface area (Å²) in [5.74, 6) is 0. The summed E-state index contributed by atoms with van der Waals surface area (Å²) in [6.07, 6.45) is 0.